The highest BCUT2D eigenvalue weighted by Gasteiger charge is 2.40. The first-order chi connectivity index (χ1) is 10.2. The van der Waals surface area contributed by atoms with Crippen molar-refractivity contribution in [3.63, 3.8) is 0 Å². The van der Waals surface area contributed by atoms with E-state index in [2.05, 4.69) is 16.7 Å². The minimum atomic E-state index is -0.569. The third-order valence-electron chi connectivity index (χ3n) is 6.16. The molecule has 1 N–H and O–H groups in total. The molecule has 4 heteroatoms. The van der Waals surface area contributed by atoms with Crippen molar-refractivity contribution in [2.75, 3.05) is 26.2 Å². The molecule has 0 aromatic rings. The number of piperidine rings is 1. The van der Waals surface area contributed by atoms with Gasteiger partial charge in [-0.2, -0.15) is 0 Å². The SMILES string of the molecule is CCC1CCC(C(=O)O)C(N2CCN3CCCCC3C2)C1. The van der Waals surface area contributed by atoms with Crippen LogP contribution in [0.25, 0.3) is 0 Å². The third-order valence-corrected chi connectivity index (χ3v) is 6.16. The number of hydrogen-bond acceptors (Lipinski definition) is 3. The predicted octanol–water partition coefficient (Wildman–Crippen LogP) is 2.44. The Morgan fingerprint density at radius 2 is 1.90 bits per heavy atom. The minimum Gasteiger partial charge on any atom is -0.481 e. The summed E-state index contributed by atoms with van der Waals surface area (Å²) in [4.78, 5) is 16.8. The number of hydrogen-bond donors (Lipinski definition) is 1. The molecule has 21 heavy (non-hydrogen) atoms. The quantitative estimate of drug-likeness (QED) is 0.868. The zero-order valence-corrected chi connectivity index (χ0v) is 13.3. The van der Waals surface area contributed by atoms with Crippen LogP contribution in [-0.4, -0.2) is 59.1 Å². The van der Waals surface area contributed by atoms with Crippen molar-refractivity contribution in [2.24, 2.45) is 11.8 Å². The van der Waals surface area contributed by atoms with Crippen LogP contribution in [0, 0.1) is 11.8 Å². The van der Waals surface area contributed by atoms with Gasteiger partial charge in [-0.3, -0.25) is 14.6 Å². The lowest BCUT2D eigenvalue weighted by Crippen LogP contribution is -2.59. The number of carboxylic acid groups (broad SMARTS) is 1. The summed E-state index contributed by atoms with van der Waals surface area (Å²) in [6, 6.07) is 0.967. The van der Waals surface area contributed by atoms with Gasteiger partial charge in [-0.15, -0.1) is 0 Å². The van der Waals surface area contributed by atoms with E-state index < -0.39 is 5.97 Å². The van der Waals surface area contributed by atoms with Gasteiger partial charge in [0.15, 0.2) is 0 Å². The second-order valence-corrected chi connectivity index (χ2v) is 7.28. The average molecular weight is 294 g/mol. The first kappa shape index (κ1) is 15.3. The highest BCUT2D eigenvalue weighted by Crippen LogP contribution is 2.36. The van der Waals surface area contributed by atoms with Crippen LogP contribution in [0.3, 0.4) is 0 Å². The molecule has 0 radical (unpaired) electrons. The largest absolute Gasteiger partial charge is 0.481 e. The van der Waals surface area contributed by atoms with Gasteiger partial charge < -0.3 is 5.11 Å². The standard InChI is InChI=1S/C17H30N2O2/c1-2-13-6-7-15(17(20)21)16(11-13)19-10-9-18-8-4-3-5-14(18)12-19/h13-16H,2-12H2,1H3,(H,20,21). The molecule has 4 unspecified atom stereocenters. The van der Waals surface area contributed by atoms with Crippen LogP contribution in [0.4, 0.5) is 0 Å². The van der Waals surface area contributed by atoms with E-state index >= 15 is 0 Å². The molecule has 1 aliphatic carbocycles. The maximum Gasteiger partial charge on any atom is 0.308 e. The Labute approximate surface area is 128 Å². The third kappa shape index (κ3) is 3.26. The number of rotatable bonds is 3. The fourth-order valence-electron chi connectivity index (χ4n) is 4.77. The Kier molecular flexibility index (Phi) is 4.85. The molecule has 0 aromatic carbocycles. The van der Waals surface area contributed by atoms with Crippen molar-refractivity contribution in [3.8, 4) is 0 Å². The summed E-state index contributed by atoms with van der Waals surface area (Å²) < 4.78 is 0. The molecule has 0 aromatic heterocycles. The van der Waals surface area contributed by atoms with Gasteiger partial charge in [0, 0.05) is 31.7 Å². The number of piperazine rings is 1. The van der Waals surface area contributed by atoms with Crippen molar-refractivity contribution in [1.29, 1.82) is 0 Å². The van der Waals surface area contributed by atoms with E-state index in [9.17, 15) is 9.90 Å². The number of carbonyl (C=O) groups is 1. The summed E-state index contributed by atoms with van der Waals surface area (Å²) in [5.41, 5.74) is 0. The maximum absolute atomic E-state index is 11.6. The Bertz CT molecular complexity index is 374. The summed E-state index contributed by atoms with van der Waals surface area (Å²) in [5, 5.41) is 9.59. The fourth-order valence-corrected chi connectivity index (χ4v) is 4.77. The zero-order valence-electron chi connectivity index (χ0n) is 13.3. The van der Waals surface area contributed by atoms with Crippen LogP contribution < -0.4 is 0 Å². The van der Waals surface area contributed by atoms with Gasteiger partial charge in [0.2, 0.25) is 0 Å². The summed E-state index contributed by atoms with van der Waals surface area (Å²) in [6.45, 7) is 6.82. The Morgan fingerprint density at radius 3 is 2.67 bits per heavy atom. The van der Waals surface area contributed by atoms with E-state index in [4.69, 9.17) is 0 Å². The summed E-state index contributed by atoms with van der Waals surface area (Å²) in [7, 11) is 0. The lowest BCUT2D eigenvalue weighted by molar-refractivity contribution is -0.147. The van der Waals surface area contributed by atoms with Crippen LogP contribution >= 0.6 is 0 Å². The highest BCUT2D eigenvalue weighted by atomic mass is 16.4. The van der Waals surface area contributed by atoms with Crippen molar-refractivity contribution in [1.82, 2.24) is 9.80 Å². The highest BCUT2D eigenvalue weighted by molar-refractivity contribution is 5.71. The molecule has 2 heterocycles. The lowest BCUT2D eigenvalue weighted by Gasteiger charge is -2.49. The van der Waals surface area contributed by atoms with Gasteiger partial charge in [0.05, 0.1) is 5.92 Å². The topological polar surface area (TPSA) is 43.8 Å². The van der Waals surface area contributed by atoms with Crippen LogP contribution in [0.2, 0.25) is 0 Å². The molecule has 0 bridgehead atoms. The summed E-state index contributed by atoms with van der Waals surface area (Å²) in [5.74, 6) is 0.0264. The number of aliphatic carboxylic acids is 1. The molecule has 1 saturated carbocycles. The number of nitrogens with zero attached hydrogens (tertiary/aromatic N) is 2. The molecule has 2 aliphatic heterocycles. The van der Waals surface area contributed by atoms with Gasteiger partial charge in [-0.1, -0.05) is 19.8 Å². The van der Waals surface area contributed by atoms with E-state index in [0.717, 1.165) is 44.8 Å². The molecule has 0 spiro atoms. The first-order valence-corrected chi connectivity index (χ1v) is 8.90. The van der Waals surface area contributed by atoms with Crippen LogP contribution in [-0.2, 0) is 4.79 Å². The molecule has 3 rings (SSSR count). The monoisotopic (exact) mass is 294 g/mol. The van der Waals surface area contributed by atoms with E-state index in [1.54, 1.807) is 0 Å². The Morgan fingerprint density at radius 1 is 1.10 bits per heavy atom. The zero-order chi connectivity index (χ0) is 14.8. The molecule has 3 aliphatic rings. The number of fused-ring (bicyclic) bond motifs is 1. The molecular weight excluding hydrogens is 264 g/mol. The van der Waals surface area contributed by atoms with Crippen molar-refractivity contribution in [3.05, 3.63) is 0 Å². The second kappa shape index (κ2) is 6.66. The molecule has 4 nitrogen and oxygen atoms in total. The van der Waals surface area contributed by atoms with Crippen LogP contribution in [0.15, 0.2) is 0 Å². The van der Waals surface area contributed by atoms with Crippen molar-refractivity contribution < 1.29 is 9.90 Å². The molecule has 0 amide bonds. The molecule has 120 valence electrons. The average Bonchev–Trinajstić information content (AvgIpc) is 2.53. The van der Waals surface area contributed by atoms with Gasteiger partial charge in [0.1, 0.15) is 0 Å². The number of carboxylic acids is 1. The van der Waals surface area contributed by atoms with Gasteiger partial charge in [-0.05, 0) is 44.6 Å². The predicted molar refractivity (Wildman–Crippen MR) is 83.3 cm³/mol. The fraction of sp³-hybridized carbons (Fsp3) is 0.941. The van der Waals surface area contributed by atoms with Gasteiger partial charge >= 0.3 is 5.97 Å². The first-order valence-electron chi connectivity index (χ1n) is 8.90. The summed E-state index contributed by atoms with van der Waals surface area (Å²) in [6.07, 6.45) is 8.27. The van der Waals surface area contributed by atoms with Gasteiger partial charge in [0.25, 0.3) is 0 Å². The van der Waals surface area contributed by atoms with Crippen LogP contribution in [0.5, 0.6) is 0 Å². The van der Waals surface area contributed by atoms with E-state index in [-0.39, 0.29) is 12.0 Å². The normalized spacial score (nSPS) is 38.9. The molecule has 2 saturated heterocycles. The van der Waals surface area contributed by atoms with E-state index in [0.29, 0.717) is 6.04 Å². The molecule has 3 fully saturated rings. The minimum absolute atomic E-state index is 0.136. The van der Waals surface area contributed by atoms with Gasteiger partial charge in [-0.25, -0.2) is 0 Å². The van der Waals surface area contributed by atoms with E-state index in [1.165, 1.54) is 32.2 Å². The maximum atomic E-state index is 11.6. The summed E-state index contributed by atoms with van der Waals surface area (Å²) >= 11 is 0. The van der Waals surface area contributed by atoms with Crippen molar-refractivity contribution in [2.45, 2.75) is 64.0 Å². The Balaban J connectivity index is 1.68. The second-order valence-electron chi connectivity index (χ2n) is 7.28. The Hall–Kier alpha value is -0.610. The van der Waals surface area contributed by atoms with E-state index in [1.807, 2.05) is 0 Å². The molecular formula is C17H30N2O2. The molecule has 4 atom stereocenters. The lowest BCUT2D eigenvalue weighted by atomic mass is 9.76. The smallest absolute Gasteiger partial charge is 0.308 e. The van der Waals surface area contributed by atoms with Crippen LogP contribution in [0.1, 0.15) is 51.9 Å². The van der Waals surface area contributed by atoms with Crippen molar-refractivity contribution >= 4 is 5.97 Å².